The minimum atomic E-state index is -0.410. The number of urea groups is 1. The molecular weight excluding hydrogens is 482 g/mol. The summed E-state index contributed by atoms with van der Waals surface area (Å²) in [7, 11) is 0. The number of carbonyl (C=O) groups excluding carboxylic acids is 2. The molecule has 9 heteroatoms. The number of nitrogens with zero attached hydrogens (tertiary/aromatic N) is 3. The van der Waals surface area contributed by atoms with Crippen LogP contribution in [-0.2, 0) is 0 Å². The maximum atomic E-state index is 13.3. The first kappa shape index (κ1) is 25.4. The van der Waals surface area contributed by atoms with Gasteiger partial charge in [0.2, 0.25) is 0 Å². The van der Waals surface area contributed by atoms with Gasteiger partial charge in [0, 0.05) is 23.9 Å². The van der Waals surface area contributed by atoms with Gasteiger partial charge in [-0.25, -0.2) is 9.48 Å². The summed E-state index contributed by atoms with van der Waals surface area (Å²) in [5, 5.41) is 12.2. The van der Waals surface area contributed by atoms with Crippen molar-refractivity contribution in [3.63, 3.8) is 0 Å². The van der Waals surface area contributed by atoms with E-state index < -0.39 is 6.03 Å². The molecule has 2 N–H and O–H groups in total. The highest BCUT2D eigenvalue weighted by molar-refractivity contribution is 7.12. The van der Waals surface area contributed by atoms with Gasteiger partial charge in [0.1, 0.15) is 0 Å². The van der Waals surface area contributed by atoms with Crippen molar-refractivity contribution in [1.82, 2.24) is 14.7 Å². The van der Waals surface area contributed by atoms with Crippen LogP contribution in [0.25, 0.3) is 5.69 Å². The molecule has 35 heavy (non-hydrogen) atoms. The van der Waals surface area contributed by atoms with E-state index in [1.165, 1.54) is 17.8 Å². The number of carbonyl (C=O) groups is 2. The van der Waals surface area contributed by atoms with Crippen molar-refractivity contribution in [3.05, 3.63) is 58.0 Å². The second-order valence-corrected chi connectivity index (χ2v) is 10.7. The second-order valence-electron chi connectivity index (χ2n) is 9.35. The van der Waals surface area contributed by atoms with Crippen molar-refractivity contribution in [2.45, 2.75) is 46.1 Å². The summed E-state index contributed by atoms with van der Waals surface area (Å²) in [6.45, 7) is 8.79. The lowest BCUT2D eigenvalue weighted by atomic mass is 9.88. The Kier molecular flexibility index (Phi) is 8.26. The second kappa shape index (κ2) is 11.4. The molecule has 1 aliphatic heterocycles. The highest BCUT2D eigenvalue weighted by Crippen LogP contribution is 2.30. The summed E-state index contributed by atoms with van der Waals surface area (Å²) in [5.74, 6) is 0.848. The van der Waals surface area contributed by atoms with E-state index in [0.29, 0.717) is 28.4 Å². The minimum Gasteiger partial charge on any atom is -0.306 e. The fourth-order valence-electron chi connectivity index (χ4n) is 4.54. The molecule has 1 aromatic carbocycles. The largest absolute Gasteiger partial charge is 0.323 e. The third kappa shape index (κ3) is 6.31. The van der Waals surface area contributed by atoms with E-state index in [0.717, 1.165) is 36.5 Å². The minimum absolute atomic E-state index is 0.0435. The Morgan fingerprint density at radius 2 is 2.06 bits per heavy atom. The number of hydrogen-bond donors (Lipinski definition) is 2. The quantitative estimate of drug-likeness (QED) is 0.317. The summed E-state index contributed by atoms with van der Waals surface area (Å²) >= 11 is 7.55. The Hall–Kier alpha value is -2.68. The highest BCUT2D eigenvalue weighted by Gasteiger charge is 2.29. The van der Waals surface area contributed by atoms with Crippen LogP contribution < -0.4 is 10.6 Å². The number of nitrogens with one attached hydrogen (secondary N) is 2. The lowest BCUT2D eigenvalue weighted by Gasteiger charge is -2.21. The Morgan fingerprint density at radius 3 is 2.77 bits per heavy atom. The van der Waals surface area contributed by atoms with Crippen LogP contribution in [0.15, 0.2) is 48.1 Å². The zero-order valence-corrected chi connectivity index (χ0v) is 21.9. The van der Waals surface area contributed by atoms with Crippen LogP contribution in [0.2, 0.25) is 5.02 Å². The molecule has 3 aromatic rings. The van der Waals surface area contributed by atoms with E-state index in [2.05, 4.69) is 41.4 Å². The molecule has 1 saturated heterocycles. The number of halogens is 1. The van der Waals surface area contributed by atoms with Gasteiger partial charge in [-0.2, -0.15) is 5.10 Å². The van der Waals surface area contributed by atoms with E-state index in [1.54, 1.807) is 41.3 Å². The van der Waals surface area contributed by atoms with Crippen molar-refractivity contribution in [1.29, 1.82) is 0 Å². The van der Waals surface area contributed by atoms with Gasteiger partial charge >= 0.3 is 6.03 Å². The van der Waals surface area contributed by atoms with Crippen LogP contribution >= 0.6 is 22.9 Å². The predicted octanol–water partition coefficient (Wildman–Crippen LogP) is 6.56. The standard InChI is InChI=1S/C26H32ClN5O2S/c1-4-19(11-18-9-10-31(14-18)17(2)3)25(33)24-12-21(16-35-24)32-15-20(13-28-32)29-26(34)30-23-8-6-5-7-22(23)27/h5-8,12-13,15-19H,4,9-11,14H2,1-3H3,(H2,29,30,34). The topological polar surface area (TPSA) is 79.3 Å². The lowest BCUT2D eigenvalue weighted by molar-refractivity contribution is 0.0900. The molecule has 2 aromatic heterocycles. The number of anilines is 2. The van der Waals surface area contributed by atoms with Gasteiger partial charge in [0.15, 0.2) is 5.78 Å². The number of benzene rings is 1. The van der Waals surface area contributed by atoms with Crippen molar-refractivity contribution in [2.24, 2.45) is 11.8 Å². The Bertz CT molecular complexity index is 1170. The van der Waals surface area contributed by atoms with Crippen LogP contribution in [0.4, 0.5) is 16.2 Å². The van der Waals surface area contributed by atoms with E-state index in [9.17, 15) is 9.59 Å². The van der Waals surface area contributed by atoms with Crippen LogP contribution in [-0.4, -0.2) is 45.6 Å². The third-order valence-electron chi connectivity index (χ3n) is 6.58. The number of para-hydroxylation sites is 1. The number of Topliss-reactive ketones (excluding diaryl/α,β-unsaturated/α-hetero) is 1. The molecule has 4 rings (SSSR count). The molecule has 0 spiro atoms. The van der Waals surface area contributed by atoms with Crippen molar-refractivity contribution in [2.75, 3.05) is 23.7 Å². The number of aromatic nitrogens is 2. The molecule has 0 aliphatic carbocycles. The number of thiophene rings is 1. The fraction of sp³-hybridized carbons (Fsp3) is 0.423. The first-order valence-corrected chi connectivity index (χ1v) is 13.3. The number of rotatable bonds is 9. The van der Waals surface area contributed by atoms with Crippen LogP contribution in [0.1, 0.15) is 49.7 Å². The van der Waals surface area contributed by atoms with Crippen LogP contribution in [0.5, 0.6) is 0 Å². The SMILES string of the molecule is CCC(CC1CCN(C(C)C)C1)C(=O)c1cc(-n2cc(NC(=O)Nc3ccccc3Cl)cn2)cs1. The van der Waals surface area contributed by atoms with Crippen LogP contribution in [0, 0.1) is 11.8 Å². The van der Waals surface area contributed by atoms with Crippen molar-refractivity contribution in [3.8, 4) is 5.69 Å². The lowest BCUT2D eigenvalue weighted by Crippen LogP contribution is -2.28. The monoisotopic (exact) mass is 513 g/mol. The molecule has 0 bridgehead atoms. The zero-order chi connectivity index (χ0) is 24.9. The molecule has 2 unspecified atom stereocenters. The van der Waals surface area contributed by atoms with Gasteiger partial charge in [-0.05, 0) is 63.8 Å². The fourth-order valence-corrected chi connectivity index (χ4v) is 5.62. The Balaban J connectivity index is 1.36. The number of hydrogen-bond acceptors (Lipinski definition) is 5. The van der Waals surface area contributed by atoms with Gasteiger partial charge in [-0.1, -0.05) is 30.7 Å². The van der Waals surface area contributed by atoms with Gasteiger partial charge < -0.3 is 15.5 Å². The maximum absolute atomic E-state index is 13.3. The van der Waals surface area contributed by atoms with E-state index in [1.807, 2.05) is 11.4 Å². The molecule has 2 amide bonds. The number of amides is 2. The molecule has 186 valence electrons. The number of likely N-dealkylation sites (tertiary alicyclic amines) is 1. The third-order valence-corrected chi connectivity index (χ3v) is 7.85. The number of ketones is 1. The normalized spacial score (nSPS) is 17.0. The average Bonchev–Trinajstić information content (AvgIpc) is 3.59. The average molecular weight is 514 g/mol. The van der Waals surface area contributed by atoms with E-state index in [-0.39, 0.29) is 11.7 Å². The first-order valence-electron chi connectivity index (χ1n) is 12.1. The Morgan fingerprint density at radius 1 is 1.26 bits per heavy atom. The summed E-state index contributed by atoms with van der Waals surface area (Å²) < 4.78 is 1.66. The van der Waals surface area contributed by atoms with Crippen molar-refractivity contribution >= 4 is 46.1 Å². The first-order chi connectivity index (χ1) is 16.8. The molecule has 2 atom stereocenters. The van der Waals surface area contributed by atoms with E-state index >= 15 is 0 Å². The van der Waals surface area contributed by atoms with Crippen molar-refractivity contribution < 1.29 is 9.59 Å². The molecule has 1 fully saturated rings. The summed E-state index contributed by atoms with van der Waals surface area (Å²) in [5.41, 5.74) is 1.87. The van der Waals surface area contributed by atoms with Gasteiger partial charge in [0.05, 0.1) is 39.4 Å². The summed E-state index contributed by atoms with van der Waals surface area (Å²) in [6.07, 6.45) is 6.26. The van der Waals surface area contributed by atoms with Crippen LogP contribution in [0.3, 0.4) is 0 Å². The molecular formula is C26H32ClN5O2S. The summed E-state index contributed by atoms with van der Waals surface area (Å²) in [4.78, 5) is 28.8. The maximum Gasteiger partial charge on any atom is 0.323 e. The molecule has 7 nitrogen and oxygen atoms in total. The van der Waals surface area contributed by atoms with E-state index in [4.69, 9.17) is 11.6 Å². The molecule has 0 radical (unpaired) electrons. The zero-order valence-electron chi connectivity index (χ0n) is 20.3. The molecule has 0 saturated carbocycles. The smallest absolute Gasteiger partial charge is 0.306 e. The highest BCUT2D eigenvalue weighted by atomic mass is 35.5. The van der Waals surface area contributed by atoms with Gasteiger partial charge in [0.25, 0.3) is 0 Å². The molecule has 1 aliphatic rings. The Labute approximate surface area is 215 Å². The predicted molar refractivity (Wildman–Crippen MR) is 143 cm³/mol. The van der Waals surface area contributed by atoms with Gasteiger partial charge in [-0.15, -0.1) is 11.3 Å². The molecule has 3 heterocycles. The van der Waals surface area contributed by atoms with Gasteiger partial charge in [-0.3, -0.25) is 4.79 Å². The summed E-state index contributed by atoms with van der Waals surface area (Å²) in [6, 6.07) is 9.08.